The van der Waals surface area contributed by atoms with E-state index in [-0.39, 0.29) is 26.3 Å². The van der Waals surface area contributed by atoms with E-state index in [0.717, 1.165) is 22.3 Å². The normalized spacial score (nSPS) is 14.6. The van der Waals surface area contributed by atoms with Gasteiger partial charge in [-0.1, -0.05) is 48.6 Å². The maximum Gasteiger partial charge on any atom is 3.00 e. The Kier molecular flexibility index (Phi) is 7.55. The maximum atomic E-state index is 4.74. The Morgan fingerprint density at radius 2 is 1.53 bits per heavy atom. The van der Waals surface area contributed by atoms with Crippen LogP contribution in [0.15, 0.2) is 103 Å². The second kappa shape index (κ2) is 11.2. The zero-order chi connectivity index (χ0) is 25.2. The van der Waals surface area contributed by atoms with Gasteiger partial charge in [0.2, 0.25) is 0 Å². The molecule has 0 fully saturated rings. The number of anilines is 1. The largest absolute Gasteiger partial charge is 3.00 e. The van der Waals surface area contributed by atoms with Crippen molar-refractivity contribution in [2.24, 2.45) is 0 Å². The third-order valence-electron chi connectivity index (χ3n) is 6.75. The molecular weight excluding hydrogens is 643 g/mol. The first kappa shape index (κ1) is 25.7. The van der Waals surface area contributed by atoms with E-state index in [0.29, 0.717) is 0 Å². The molecule has 38 heavy (non-hydrogen) atoms. The monoisotopic (exact) mass is 669 g/mol. The molecule has 186 valence electrons. The zero-order valence-electron chi connectivity index (χ0n) is 21.2. The topological polar surface area (TPSA) is 30.2 Å². The van der Waals surface area contributed by atoms with Crippen LogP contribution in [0.4, 0.5) is 5.69 Å². The number of hydrogen-bond donors (Lipinski definition) is 0. The predicted molar refractivity (Wildman–Crippen MR) is 154 cm³/mol. The number of pyridine rings is 1. The van der Waals surface area contributed by atoms with E-state index in [1.807, 2.05) is 54.9 Å². The Balaban J connectivity index is 0.000000151. The van der Waals surface area contributed by atoms with Crippen LogP contribution in [0, 0.1) is 26.0 Å². The van der Waals surface area contributed by atoms with Gasteiger partial charge in [0.25, 0.3) is 0 Å². The molecule has 3 nitrogen and oxygen atoms in total. The molecule has 1 aliphatic carbocycles. The quantitative estimate of drug-likeness (QED) is 0.177. The molecule has 1 aliphatic heterocycles. The predicted octanol–water partition coefficient (Wildman–Crippen LogP) is 8.65. The number of nitrogens with zero attached hydrogens (tertiary/aromatic N) is 3. The Bertz CT molecular complexity index is 1600. The molecule has 0 spiro atoms. The van der Waals surface area contributed by atoms with Crippen molar-refractivity contribution in [3.63, 3.8) is 0 Å². The van der Waals surface area contributed by atoms with Gasteiger partial charge in [0.05, 0.1) is 5.52 Å². The molecule has 5 aromatic rings. The molecule has 0 N–H and O–H groups in total. The first-order valence-corrected chi connectivity index (χ1v) is 12.5. The van der Waals surface area contributed by atoms with Gasteiger partial charge < -0.3 is 10.2 Å². The molecule has 0 saturated heterocycles. The minimum atomic E-state index is 0. The smallest absolute Gasteiger partial charge is 0.668 e. The fraction of sp³-hybridized carbons (Fsp3) is 0.0882. The van der Waals surface area contributed by atoms with Crippen molar-refractivity contribution in [1.29, 1.82) is 0 Å². The molecule has 1 aromatic heterocycles. The minimum Gasteiger partial charge on any atom is -0.668 e. The fourth-order valence-corrected chi connectivity index (χ4v) is 5.04. The average molecular weight is 669 g/mol. The summed E-state index contributed by atoms with van der Waals surface area (Å²) in [6, 6.07) is 37.3. The number of hydrogen-bond acceptors (Lipinski definition) is 2. The van der Waals surface area contributed by atoms with Gasteiger partial charge in [-0.2, -0.15) is 42.1 Å². The molecule has 7 rings (SSSR count). The standard InChI is InChI=1S/C17H16N2.C17H10N.Ir/c1-13-7-6-8-14(2)16(13)19-12-11-18-17(19)15-9-4-3-5-10-15;1-2-5-12(6-3-1)16-11-14-10-9-13-7-4-8-15(18-16)17(13)14;/h3-9,11-12,17H,1-2H3;1-5,7-11H;/q-2;-1;+3. The molecule has 1 unspecified atom stereocenters. The Morgan fingerprint density at radius 3 is 2.26 bits per heavy atom. The van der Waals surface area contributed by atoms with Gasteiger partial charge in [-0.3, -0.25) is 4.98 Å². The van der Waals surface area contributed by atoms with Gasteiger partial charge in [0, 0.05) is 11.1 Å². The van der Waals surface area contributed by atoms with Gasteiger partial charge in [-0.25, -0.2) is 0 Å². The van der Waals surface area contributed by atoms with Gasteiger partial charge in [-0.15, -0.1) is 35.9 Å². The molecule has 0 bridgehead atoms. The third-order valence-corrected chi connectivity index (χ3v) is 6.75. The van der Waals surface area contributed by atoms with E-state index < -0.39 is 0 Å². The second-order valence-corrected chi connectivity index (χ2v) is 9.23. The molecule has 0 saturated carbocycles. The first-order valence-electron chi connectivity index (χ1n) is 12.5. The summed E-state index contributed by atoms with van der Waals surface area (Å²) in [5.74, 6) is 0. The SMILES string of the molecule is Cc1cccc(C)c1N1C=C[N-]C1c1[c-]cccc1.[Ir+3].[c-]1ccccc1-c1cc2c3c(cccc3n1)C=C2. The summed E-state index contributed by atoms with van der Waals surface area (Å²) in [7, 11) is 0. The van der Waals surface area contributed by atoms with Crippen molar-refractivity contribution in [2.45, 2.75) is 20.0 Å². The minimum absolute atomic E-state index is 0. The number of rotatable bonds is 3. The van der Waals surface area contributed by atoms with E-state index in [4.69, 9.17) is 4.98 Å². The Labute approximate surface area is 237 Å². The van der Waals surface area contributed by atoms with Gasteiger partial charge in [-0.05, 0) is 60.2 Å². The van der Waals surface area contributed by atoms with Crippen LogP contribution in [0.5, 0.6) is 0 Å². The summed E-state index contributed by atoms with van der Waals surface area (Å²) in [6.45, 7) is 4.28. The van der Waals surface area contributed by atoms with Crippen LogP contribution in [0.2, 0.25) is 0 Å². The van der Waals surface area contributed by atoms with Crippen molar-refractivity contribution < 1.29 is 20.1 Å². The molecule has 4 aromatic carbocycles. The molecule has 1 atom stereocenters. The van der Waals surface area contributed by atoms with Crippen LogP contribution in [0.3, 0.4) is 0 Å². The molecule has 0 radical (unpaired) electrons. The van der Waals surface area contributed by atoms with E-state index >= 15 is 0 Å². The Hall–Kier alpha value is -3.98. The third kappa shape index (κ3) is 4.93. The van der Waals surface area contributed by atoms with Crippen LogP contribution < -0.4 is 4.90 Å². The summed E-state index contributed by atoms with van der Waals surface area (Å²) in [5.41, 5.74) is 10.5. The molecule has 2 aliphatic rings. The van der Waals surface area contributed by atoms with Gasteiger partial charge >= 0.3 is 20.1 Å². The van der Waals surface area contributed by atoms with Crippen molar-refractivity contribution >= 4 is 28.7 Å². The van der Waals surface area contributed by atoms with E-state index in [1.54, 1.807) is 0 Å². The number of aryl methyl sites for hydroxylation is 2. The maximum absolute atomic E-state index is 4.74. The molecule has 4 heteroatoms. The average Bonchev–Trinajstić information content (AvgIpc) is 3.59. The van der Waals surface area contributed by atoms with Gasteiger partial charge in [0.1, 0.15) is 0 Å². The van der Waals surface area contributed by atoms with E-state index in [1.165, 1.54) is 33.3 Å². The fourth-order valence-electron chi connectivity index (χ4n) is 5.04. The first-order chi connectivity index (χ1) is 18.2. The summed E-state index contributed by atoms with van der Waals surface area (Å²) in [5, 5.41) is 5.82. The molecule has 0 amide bonds. The van der Waals surface area contributed by atoms with Crippen LogP contribution in [0.1, 0.15) is 34.0 Å². The van der Waals surface area contributed by atoms with Gasteiger partial charge in [0.15, 0.2) is 0 Å². The van der Waals surface area contributed by atoms with Crippen LogP contribution in [-0.2, 0) is 20.1 Å². The van der Waals surface area contributed by atoms with Crippen LogP contribution in [0.25, 0.3) is 39.6 Å². The summed E-state index contributed by atoms with van der Waals surface area (Å²) in [4.78, 5) is 6.95. The summed E-state index contributed by atoms with van der Waals surface area (Å²) < 4.78 is 0. The summed E-state index contributed by atoms with van der Waals surface area (Å²) >= 11 is 0. The zero-order valence-corrected chi connectivity index (χ0v) is 23.6. The van der Waals surface area contributed by atoms with E-state index in [2.05, 4.69) is 96.9 Å². The van der Waals surface area contributed by atoms with Crippen molar-refractivity contribution in [3.05, 3.63) is 149 Å². The van der Waals surface area contributed by atoms with E-state index in [9.17, 15) is 0 Å². The van der Waals surface area contributed by atoms with Crippen molar-refractivity contribution in [3.8, 4) is 11.3 Å². The second-order valence-electron chi connectivity index (χ2n) is 9.23. The summed E-state index contributed by atoms with van der Waals surface area (Å²) in [6.07, 6.45) is 8.22. The van der Waals surface area contributed by atoms with Crippen molar-refractivity contribution in [1.82, 2.24) is 4.98 Å². The molecule has 2 heterocycles. The number of para-hydroxylation sites is 1. The van der Waals surface area contributed by atoms with Crippen molar-refractivity contribution in [2.75, 3.05) is 4.90 Å². The Morgan fingerprint density at radius 1 is 0.789 bits per heavy atom. The van der Waals surface area contributed by atoms with Crippen LogP contribution in [-0.4, -0.2) is 4.98 Å². The van der Waals surface area contributed by atoms with Crippen LogP contribution >= 0.6 is 0 Å². The number of benzene rings is 4. The number of aromatic nitrogens is 1. The molecular formula is C34H26IrN3.